The third-order valence-electron chi connectivity index (χ3n) is 5.39. The van der Waals surface area contributed by atoms with Crippen LogP contribution in [0.25, 0.3) is 0 Å². The van der Waals surface area contributed by atoms with Gasteiger partial charge >= 0.3 is 0 Å². The highest BCUT2D eigenvalue weighted by Crippen LogP contribution is 2.44. The molecule has 150 valence electrons. The van der Waals surface area contributed by atoms with E-state index in [0.29, 0.717) is 22.8 Å². The van der Waals surface area contributed by atoms with Crippen molar-refractivity contribution < 1.29 is 19.1 Å². The second-order valence-electron chi connectivity index (χ2n) is 7.18. The standard InChI is InChI=1S/C24H19NO4S/c26-23(25-15-24(27,16-11-13-30-14-16)21-10-5-12-28-21)22-17-6-1-3-8-19(17)29-20-9-4-2-7-18(20)22/h1-14,22,27H,15H2,(H,25,26). The van der Waals surface area contributed by atoms with Crippen molar-refractivity contribution in [2.24, 2.45) is 0 Å². The molecule has 2 aromatic heterocycles. The molecule has 4 aromatic rings. The van der Waals surface area contributed by atoms with Gasteiger partial charge in [-0.2, -0.15) is 11.3 Å². The van der Waals surface area contributed by atoms with Crippen molar-refractivity contribution in [2.45, 2.75) is 11.5 Å². The van der Waals surface area contributed by atoms with Crippen LogP contribution in [0.5, 0.6) is 11.5 Å². The summed E-state index contributed by atoms with van der Waals surface area (Å²) in [6.07, 6.45) is 1.51. The van der Waals surface area contributed by atoms with E-state index in [0.717, 1.165) is 11.1 Å². The Bertz CT molecular complexity index is 1090. The van der Waals surface area contributed by atoms with E-state index in [9.17, 15) is 9.90 Å². The van der Waals surface area contributed by atoms with Crippen molar-refractivity contribution in [3.05, 3.63) is 106 Å². The van der Waals surface area contributed by atoms with E-state index in [2.05, 4.69) is 5.32 Å². The van der Waals surface area contributed by atoms with Gasteiger partial charge in [-0.1, -0.05) is 36.4 Å². The highest BCUT2D eigenvalue weighted by molar-refractivity contribution is 7.08. The lowest BCUT2D eigenvalue weighted by atomic mass is 9.86. The van der Waals surface area contributed by atoms with Gasteiger partial charge in [0, 0.05) is 16.7 Å². The molecule has 30 heavy (non-hydrogen) atoms. The van der Waals surface area contributed by atoms with E-state index in [1.807, 2.05) is 65.4 Å². The van der Waals surface area contributed by atoms with Crippen molar-refractivity contribution in [3.8, 4) is 11.5 Å². The van der Waals surface area contributed by atoms with Crippen molar-refractivity contribution in [2.75, 3.05) is 6.54 Å². The Balaban J connectivity index is 1.47. The topological polar surface area (TPSA) is 71.7 Å². The summed E-state index contributed by atoms with van der Waals surface area (Å²) in [6.45, 7) is -0.0161. The number of furan rings is 1. The van der Waals surface area contributed by atoms with E-state index in [-0.39, 0.29) is 12.5 Å². The van der Waals surface area contributed by atoms with E-state index in [1.165, 1.54) is 17.6 Å². The molecule has 5 rings (SSSR count). The Morgan fingerprint density at radius 3 is 2.30 bits per heavy atom. The summed E-state index contributed by atoms with van der Waals surface area (Å²) in [7, 11) is 0. The SMILES string of the molecule is O=C(NCC(O)(c1ccsc1)c1ccco1)C1c2ccccc2Oc2ccccc21. The number of nitrogens with one attached hydrogen (secondary N) is 1. The number of carbonyl (C=O) groups is 1. The maximum Gasteiger partial charge on any atom is 0.232 e. The predicted molar refractivity (Wildman–Crippen MR) is 114 cm³/mol. The largest absolute Gasteiger partial charge is 0.466 e. The van der Waals surface area contributed by atoms with Gasteiger partial charge in [0.25, 0.3) is 0 Å². The first-order valence-corrected chi connectivity index (χ1v) is 10.5. The van der Waals surface area contributed by atoms with Crippen LogP contribution in [-0.2, 0) is 10.4 Å². The molecular formula is C24H19NO4S. The molecule has 3 heterocycles. The van der Waals surface area contributed by atoms with Crippen LogP contribution in [-0.4, -0.2) is 17.6 Å². The van der Waals surface area contributed by atoms with Gasteiger partial charge in [0.2, 0.25) is 5.91 Å². The molecule has 0 spiro atoms. The maximum absolute atomic E-state index is 13.4. The van der Waals surface area contributed by atoms with Gasteiger partial charge in [0.1, 0.15) is 17.3 Å². The van der Waals surface area contributed by atoms with Gasteiger partial charge in [-0.25, -0.2) is 0 Å². The molecule has 0 radical (unpaired) electrons. The predicted octanol–water partition coefficient (Wildman–Crippen LogP) is 4.63. The highest BCUT2D eigenvalue weighted by Gasteiger charge is 2.38. The van der Waals surface area contributed by atoms with Crippen LogP contribution in [0.15, 0.2) is 88.2 Å². The lowest BCUT2D eigenvalue weighted by Crippen LogP contribution is -2.43. The molecule has 2 N–H and O–H groups in total. The van der Waals surface area contributed by atoms with Gasteiger partial charge in [-0.15, -0.1) is 0 Å². The van der Waals surface area contributed by atoms with Gasteiger partial charge in [-0.3, -0.25) is 4.79 Å². The average Bonchev–Trinajstić information content (AvgIpc) is 3.50. The number of thiophene rings is 1. The summed E-state index contributed by atoms with van der Waals surface area (Å²) < 4.78 is 11.5. The Morgan fingerprint density at radius 1 is 1.00 bits per heavy atom. The van der Waals surface area contributed by atoms with Crippen molar-refractivity contribution in [1.29, 1.82) is 0 Å². The monoisotopic (exact) mass is 417 g/mol. The van der Waals surface area contributed by atoms with Crippen LogP contribution in [0.1, 0.15) is 28.4 Å². The summed E-state index contributed by atoms with van der Waals surface area (Å²) in [4.78, 5) is 13.4. The molecule has 1 unspecified atom stereocenters. The second kappa shape index (κ2) is 7.48. The molecule has 1 aliphatic heterocycles. The van der Waals surface area contributed by atoms with Gasteiger partial charge in [0.15, 0.2) is 5.60 Å². The van der Waals surface area contributed by atoms with E-state index in [4.69, 9.17) is 9.15 Å². The van der Waals surface area contributed by atoms with E-state index >= 15 is 0 Å². The third kappa shape index (κ3) is 3.10. The van der Waals surface area contributed by atoms with Crippen LogP contribution in [0, 0.1) is 0 Å². The minimum atomic E-state index is -1.45. The molecule has 6 heteroatoms. The van der Waals surface area contributed by atoms with Gasteiger partial charge in [-0.05, 0) is 41.1 Å². The molecule has 0 fully saturated rings. The quantitative estimate of drug-likeness (QED) is 0.497. The lowest BCUT2D eigenvalue weighted by Gasteiger charge is -2.30. The first kappa shape index (κ1) is 18.7. The highest BCUT2D eigenvalue weighted by atomic mass is 32.1. The summed E-state index contributed by atoms with van der Waals surface area (Å²) in [5.41, 5.74) is 0.815. The van der Waals surface area contributed by atoms with Crippen molar-refractivity contribution in [3.63, 3.8) is 0 Å². The summed E-state index contributed by atoms with van der Waals surface area (Å²) in [5, 5.41) is 18.1. The zero-order valence-electron chi connectivity index (χ0n) is 15.9. The van der Waals surface area contributed by atoms with Crippen molar-refractivity contribution in [1.82, 2.24) is 5.32 Å². The van der Waals surface area contributed by atoms with Crippen LogP contribution in [0.4, 0.5) is 0 Å². The molecule has 1 amide bonds. The number of fused-ring (bicyclic) bond motifs is 2. The molecule has 0 saturated heterocycles. The number of para-hydroxylation sites is 2. The Kier molecular flexibility index (Phi) is 4.65. The number of carbonyl (C=O) groups excluding carboxylic acids is 1. The zero-order valence-corrected chi connectivity index (χ0v) is 16.8. The number of hydrogen-bond donors (Lipinski definition) is 2. The molecule has 2 aromatic carbocycles. The molecule has 1 atom stereocenters. The van der Waals surface area contributed by atoms with Crippen molar-refractivity contribution >= 4 is 17.2 Å². The Labute approximate surface area is 177 Å². The molecule has 0 bridgehead atoms. The molecule has 0 saturated carbocycles. The minimum absolute atomic E-state index is 0.0161. The van der Waals surface area contributed by atoms with Gasteiger partial charge in [0.05, 0.1) is 18.7 Å². The Morgan fingerprint density at radius 2 is 1.70 bits per heavy atom. The van der Waals surface area contributed by atoms with E-state index in [1.54, 1.807) is 12.1 Å². The van der Waals surface area contributed by atoms with E-state index < -0.39 is 11.5 Å². The lowest BCUT2D eigenvalue weighted by molar-refractivity contribution is -0.123. The van der Waals surface area contributed by atoms with Crippen LogP contribution < -0.4 is 10.1 Å². The first-order chi connectivity index (χ1) is 14.7. The number of ether oxygens (including phenoxy) is 1. The van der Waals surface area contributed by atoms with Crippen LogP contribution in [0.3, 0.4) is 0 Å². The number of hydrogen-bond acceptors (Lipinski definition) is 5. The minimum Gasteiger partial charge on any atom is -0.466 e. The normalized spacial score (nSPS) is 14.8. The fourth-order valence-corrected chi connectivity index (χ4v) is 4.58. The molecular weight excluding hydrogens is 398 g/mol. The summed E-state index contributed by atoms with van der Waals surface area (Å²) in [6, 6.07) is 20.3. The average molecular weight is 417 g/mol. The molecule has 0 aliphatic carbocycles. The number of amides is 1. The fraction of sp³-hybridized carbons (Fsp3) is 0.125. The zero-order chi connectivity index (χ0) is 20.6. The Hall–Kier alpha value is -3.35. The molecule has 1 aliphatic rings. The maximum atomic E-state index is 13.4. The number of benzene rings is 2. The summed E-state index contributed by atoms with van der Waals surface area (Å²) >= 11 is 1.48. The second-order valence-corrected chi connectivity index (χ2v) is 7.96. The third-order valence-corrected chi connectivity index (χ3v) is 6.07. The number of rotatable bonds is 5. The first-order valence-electron chi connectivity index (χ1n) is 9.59. The number of aliphatic hydroxyl groups is 1. The molecule has 5 nitrogen and oxygen atoms in total. The fourth-order valence-electron chi connectivity index (χ4n) is 3.85. The van der Waals surface area contributed by atoms with Crippen LogP contribution in [0.2, 0.25) is 0 Å². The summed E-state index contributed by atoms with van der Waals surface area (Å²) in [5.74, 6) is 0.966. The van der Waals surface area contributed by atoms with Gasteiger partial charge < -0.3 is 19.6 Å². The van der Waals surface area contributed by atoms with Crippen LogP contribution >= 0.6 is 11.3 Å². The smallest absolute Gasteiger partial charge is 0.232 e.